The molecular weight excluding hydrogens is 370 g/mol. The fourth-order valence-electron chi connectivity index (χ4n) is 3.22. The lowest BCUT2D eigenvalue weighted by atomic mass is 10.2. The molecule has 3 rings (SSSR count). The molecule has 2 aromatic heterocycles. The molecule has 0 saturated carbocycles. The van der Waals surface area contributed by atoms with E-state index in [1.807, 2.05) is 25.9 Å². The Hall–Kier alpha value is -1.51. The Bertz CT molecular complexity index is 835. The van der Waals surface area contributed by atoms with E-state index in [2.05, 4.69) is 43.4 Å². The summed E-state index contributed by atoms with van der Waals surface area (Å²) in [6, 6.07) is 0. The van der Waals surface area contributed by atoms with Crippen LogP contribution in [0.3, 0.4) is 0 Å². The third-order valence-corrected chi connectivity index (χ3v) is 10.4. The maximum atomic E-state index is 6.51. The van der Waals surface area contributed by atoms with E-state index in [4.69, 9.17) is 19.1 Å². The molecule has 7 nitrogen and oxygen atoms in total. The molecule has 0 bridgehead atoms. The summed E-state index contributed by atoms with van der Waals surface area (Å²) in [5.74, 6) is 2.46. The van der Waals surface area contributed by atoms with Crippen LogP contribution in [0.5, 0.6) is 0 Å². The van der Waals surface area contributed by atoms with E-state index >= 15 is 0 Å². The van der Waals surface area contributed by atoms with Crippen molar-refractivity contribution in [2.75, 3.05) is 25.6 Å². The number of fused-ring (bicyclic) bond motifs is 1. The molecule has 156 valence electrons. The van der Waals surface area contributed by atoms with Crippen LogP contribution >= 0.6 is 0 Å². The van der Waals surface area contributed by atoms with E-state index < -0.39 is 8.32 Å². The van der Waals surface area contributed by atoms with Crippen LogP contribution in [-0.2, 0) is 15.8 Å². The topological polar surface area (TPSA) is 65.3 Å². The van der Waals surface area contributed by atoms with Crippen LogP contribution in [0.1, 0.15) is 57.9 Å². The van der Waals surface area contributed by atoms with Crippen molar-refractivity contribution in [3.63, 3.8) is 0 Å². The van der Waals surface area contributed by atoms with Crippen molar-refractivity contribution in [3.8, 4) is 0 Å². The smallest absolute Gasteiger partial charge is 0.192 e. The summed E-state index contributed by atoms with van der Waals surface area (Å²) in [5.41, 5.74) is 1.66. The zero-order valence-corrected chi connectivity index (χ0v) is 19.7. The van der Waals surface area contributed by atoms with Crippen LogP contribution in [0.25, 0.3) is 11.2 Å². The molecule has 0 aliphatic carbocycles. The van der Waals surface area contributed by atoms with Gasteiger partial charge < -0.3 is 14.1 Å². The lowest BCUT2D eigenvalue weighted by Gasteiger charge is -2.36. The van der Waals surface area contributed by atoms with Gasteiger partial charge in [0.15, 0.2) is 25.3 Å². The van der Waals surface area contributed by atoms with Crippen molar-refractivity contribution in [2.24, 2.45) is 0 Å². The van der Waals surface area contributed by atoms with Crippen molar-refractivity contribution in [2.45, 2.75) is 77.9 Å². The number of nitrogens with zero attached hydrogens (tertiary/aromatic N) is 5. The van der Waals surface area contributed by atoms with Crippen molar-refractivity contribution in [1.82, 2.24) is 19.5 Å². The predicted octanol–water partition coefficient (Wildman–Crippen LogP) is 4.42. The molecule has 1 aliphatic rings. The molecule has 1 unspecified atom stereocenters. The maximum Gasteiger partial charge on any atom is 0.192 e. The summed E-state index contributed by atoms with van der Waals surface area (Å²) < 4.78 is 14.8. The van der Waals surface area contributed by atoms with E-state index in [9.17, 15) is 0 Å². The number of imidazole rings is 1. The molecule has 0 spiro atoms. The molecule has 0 N–H and O–H groups in total. The normalized spacial score (nSPS) is 18.6. The Balaban J connectivity index is 2.08. The molecule has 1 saturated heterocycles. The molecule has 1 atom stereocenters. The van der Waals surface area contributed by atoms with Crippen LogP contribution in [0.2, 0.25) is 18.1 Å². The van der Waals surface area contributed by atoms with E-state index in [0.29, 0.717) is 6.61 Å². The number of anilines is 1. The number of rotatable bonds is 5. The molecule has 2 aromatic rings. The Morgan fingerprint density at radius 2 is 1.89 bits per heavy atom. The van der Waals surface area contributed by atoms with Crippen LogP contribution in [0, 0.1) is 6.92 Å². The average molecular weight is 406 g/mol. The fraction of sp³-hybridized carbons (Fsp3) is 0.750. The highest BCUT2D eigenvalue weighted by atomic mass is 28.4. The van der Waals surface area contributed by atoms with E-state index in [1.165, 1.54) is 0 Å². The zero-order valence-electron chi connectivity index (χ0n) is 18.7. The zero-order chi connectivity index (χ0) is 20.7. The van der Waals surface area contributed by atoms with Gasteiger partial charge in [-0.2, -0.15) is 0 Å². The first-order valence-electron chi connectivity index (χ1n) is 10.2. The summed E-state index contributed by atoms with van der Waals surface area (Å²) in [6.07, 6.45) is 3.19. The van der Waals surface area contributed by atoms with E-state index in [1.54, 1.807) is 0 Å². The van der Waals surface area contributed by atoms with Crippen molar-refractivity contribution < 1.29 is 9.16 Å². The van der Waals surface area contributed by atoms with Gasteiger partial charge in [-0.05, 0) is 44.3 Å². The van der Waals surface area contributed by atoms with Gasteiger partial charge >= 0.3 is 0 Å². The molecule has 1 fully saturated rings. The van der Waals surface area contributed by atoms with Crippen molar-refractivity contribution in [3.05, 3.63) is 11.6 Å². The fourth-order valence-corrected chi connectivity index (χ4v) is 4.14. The van der Waals surface area contributed by atoms with Gasteiger partial charge in [-0.1, -0.05) is 20.8 Å². The number of hydrogen-bond donors (Lipinski definition) is 0. The van der Waals surface area contributed by atoms with Gasteiger partial charge in [0.2, 0.25) is 0 Å². The summed E-state index contributed by atoms with van der Waals surface area (Å²) in [5, 5.41) is 0.149. The first kappa shape index (κ1) is 21.2. The van der Waals surface area contributed by atoms with E-state index in [-0.39, 0.29) is 11.3 Å². The van der Waals surface area contributed by atoms with Crippen molar-refractivity contribution in [1.29, 1.82) is 0 Å². The quantitative estimate of drug-likeness (QED) is 0.686. The molecule has 0 radical (unpaired) electrons. The lowest BCUT2D eigenvalue weighted by Crippen LogP contribution is -2.40. The minimum absolute atomic E-state index is 0.0407. The van der Waals surface area contributed by atoms with Crippen LogP contribution in [-0.4, -0.2) is 48.5 Å². The standard InChI is InChI=1S/C20H35N5O2Si/c1-14-21-18(24(5)6)17-19(22-14)25(16-11-9-10-12-26-16)15(23-17)13-27-28(7,8)20(2,3)4/h16H,9-13H2,1-8H3. The SMILES string of the molecule is Cc1nc(N(C)C)c2nc(CO[Si](C)(C)C(C)(C)C)n(C3CCCCO3)c2n1. The molecule has 0 aromatic carbocycles. The van der Waals surface area contributed by atoms with Gasteiger partial charge in [0, 0.05) is 20.7 Å². The summed E-state index contributed by atoms with van der Waals surface area (Å²) >= 11 is 0. The molecule has 0 amide bonds. The third-order valence-electron chi connectivity index (χ3n) is 5.94. The number of aryl methyl sites for hydroxylation is 1. The largest absolute Gasteiger partial charge is 0.409 e. The molecule has 1 aliphatic heterocycles. The van der Waals surface area contributed by atoms with E-state index in [0.717, 1.165) is 54.5 Å². The molecule has 8 heteroatoms. The molecule has 3 heterocycles. The monoisotopic (exact) mass is 405 g/mol. The highest BCUT2D eigenvalue weighted by molar-refractivity contribution is 6.74. The highest BCUT2D eigenvalue weighted by Crippen LogP contribution is 2.38. The Morgan fingerprint density at radius 1 is 1.18 bits per heavy atom. The lowest BCUT2D eigenvalue weighted by molar-refractivity contribution is -0.0327. The van der Waals surface area contributed by atoms with Crippen LogP contribution in [0.15, 0.2) is 0 Å². The summed E-state index contributed by atoms with van der Waals surface area (Å²) in [7, 11) is 2.08. The Morgan fingerprint density at radius 3 is 2.46 bits per heavy atom. The summed E-state index contributed by atoms with van der Waals surface area (Å²) in [6.45, 7) is 14.5. The van der Waals surface area contributed by atoms with Crippen LogP contribution in [0.4, 0.5) is 5.82 Å². The second kappa shape index (κ2) is 7.72. The van der Waals surface area contributed by atoms with Crippen molar-refractivity contribution >= 4 is 25.3 Å². The van der Waals surface area contributed by atoms with Crippen LogP contribution < -0.4 is 4.90 Å². The van der Waals surface area contributed by atoms with Gasteiger partial charge in [-0.3, -0.25) is 4.57 Å². The van der Waals surface area contributed by atoms with Gasteiger partial charge in [0.05, 0.1) is 6.61 Å². The Labute approximate surface area is 169 Å². The Kier molecular flexibility index (Phi) is 5.85. The first-order chi connectivity index (χ1) is 13.0. The predicted molar refractivity (Wildman–Crippen MR) is 115 cm³/mol. The van der Waals surface area contributed by atoms with Gasteiger partial charge in [-0.25, -0.2) is 15.0 Å². The van der Waals surface area contributed by atoms with Gasteiger partial charge in [0.25, 0.3) is 0 Å². The average Bonchev–Trinajstić information content (AvgIpc) is 2.97. The third kappa shape index (κ3) is 4.09. The highest BCUT2D eigenvalue weighted by Gasteiger charge is 2.38. The minimum atomic E-state index is -1.90. The maximum absolute atomic E-state index is 6.51. The van der Waals surface area contributed by atoms with Gasteiger partial charge in [-0.15, -0.1) is 0 Å². The molecular formula is C20H35N5O2Si. The number of ether oxygens (including phenoxy) is 1. The first-order valence-corrected chi connectivity index (χ1v) is 13.1. The summed E-state index contributed by atoms with van der Waals surface area (Å²) in [4.78, 5) is 16.3. The van der Waals surface area contributed by atoms with Gasteiger partial charge in [0.1, 0.15) is 17.9 Å². The second-order valence-electron chi connectivity index (χ2n) is 9.43. The number of aromatic nitrogens is 4. The number of hydrogen-bond acceptors (Lipinski definition) is 6. The minimum Gasteiger partial charge on any atom is -0.409 e. The molecule has 28 heavy (non-hydrogen) atoms. The second-order valence-corrected chi connectivity index (χ2v) is 14.2.